The van der Waals surface area contributed by atoms with Crippen molar-refractivity contribution in [2.24, 2.45) is 0 Å². The highest BCUT2D eigenvalue weighted by Crippen LogP contribution is 2.28. The Morgan fingerprint density at radius 1 is 1.14 bits per heavy atom. The summed E-state index contributed by atoms with van der Waals surface area (Å²) in [6.07, 6.45) is 0. The van der Waals surface area contributed by atoms with Crippen molar-refractivity contribution in [2.75, 3.05) is 13.7 Å². The average Bonchev–Trinajstić information content (AvgIpc) is 2.73. The van der Waals surface area contributed by atoms with Gasteiger partial charge in [-0.25, -0.2) is 9.37 Å². The van der Waals surface area contributed by atoms with E-state index in [1.807, 2.05) is 30.3 Å². The van der Waals surface area contributed by atoms with E-state index in [2.05, 4.69) is 4.98 Å². The summed E-state index contributed by atoms with van der Waals surface area (Å²) >= 11 is 6.21. The van der Waals surface area contributed by atoms with Crippen molar-refractivity contribution < 1.29 is 18.7 Å². The number of nitrogens with zero attached hydrogens (tertiary/aromatic N) is 1. The van der Waals surface area contributed by atoms with E-state index in [0.717, 1.165) is 5.56 Å². The lowest BCUT2D eigenvalue weighted by atomic mass is 9.98. The molecule has 3 aromatic rings. The third-order valence-corrected chi connectivity index (χ3v) is 4.75. The maximum atomic E-state index is 13.6. The summed E-state index contributed by atoms with van der Waals surface area (Å²) in [4.78, 5) is 16.7. The zero-order valence-corrected chi connectivity index (χ0v) is 16.9. The number of hydrogen-bond donors (Lipinski definition) is 0. The topological polar surface area (TPSA) is 48.4 Å². The molecule has 0 aliphatic heterocycles. The molecule has 0 spiro atoms. The quantitative estimate of drug-likeness (QED) is 0.388. The predicted molar refractivity (Wildman–Crippen MR) is 110 cm³/mol. The number of benzene rings is 2. The maximum absolute atomic E-state index is 13.6. The fourth-order valence-electron chi connectivity index (χ4n) is 2.98. The van der Waals surface area contributed by atoms with Crippen LogP contribution in [-0.4, -0.2) is 24.7 Å². The molecule has 4 nitrogen and oxygen atoms in total. The highest BCUT2D eigenvalue weighted by Gasteiger charge is 2.23. The Hall–Kier alpha value is -2.76. The van der Waals surface area contributed by atoms with Gasteiger partial charge < -0.3 is 9.47 Å². The molecule has 1 heterocycles. The number of ether oxygens (including phenoxy) is 2. The summed E-state index contributed by atoms with van der Waals surface area (Å²) in [5.41, 5.74) is 3.39. The van der Waals surface area contributed by atoms with Gasteiger partial charge in [0.1, 0.15) is 16.9 Å². The SMILES string of the molecule is COC(=O)C(COCc1ccccc1)c1cc(Cl)nc(-c2ccc(F)c(C)c2)c1. The Morgan fingerprint density at radius 3 is 2.59 bits per heavy atom. The zero-order chi connectivity index (χ0) is 20.8. The molecule has 0 aliphatic rings. The minimum Gasteiger partial charge on any atom is -0.468 e. The summed E-state index contributed by atoms with van der Waals surface area (Å²) in [6, 6.07) is 17.8. The second-order valence-electron chi connectivity index (χ2n) is 6.65. The Labute approximate surface area is 174 Å². The van der Waals surface area contributed by atoms with Crippen molar-refractivity contribution in [1.82, 2.24) is 4.98 Å². The van der Waals surface area contributed by atoms with Gasteiger partial charge in [0.05, 0.1) is 26.0 Å². The molecule has 1 aromatic heterocycles. The van der Waals surface area contributed by atoms with E-state index < -0.39 is 11.9 Å². The third-order valence-electron chi connectivity index (χ3n) is 4.55. The number of hydrogen-bond acceptors (Lipinski definition) is 4. The summed E-state index contributed by atoms with van der Waals surface area (Å²) < 4.78 is 24.3. The van der Waals surface area contributed by atoms with Gasteiger partial charge in [0.25, 0.3) is 0 Å². The van der Waals surface area contributed by atoms with Crippen LogP contribution in [0.1, 0.15) is 22.6 Å². The van der Waals surface area contributed by atoms with E-state index in [-0.39, 0.29) is 17.6 Å². The molecular formula is C23H21ClFNO3. The number of carbonyl (C=O) groups is 1. The summed E-state index contributed by atoms with van der Waals surface area (Å²) in [5, 5.41) is 0.233. The maximum Gasteiger partial charge on any atom is 0.315 e. The summed E-state index contributed by atoms with van der Waals surface area (Å²) in [5.74, 6) is -1.39. The van der Waals surface area contributed by atoms with E-state index in [9.17, 15) is 9.18 Å². The first kappa shape index (κ1) is 21.0. The first-order valence-corrected chi connectivity index (χ1v) is 9.49. The first-order chi connectivity index (χ1) is 14.0. The Bertz CT molecular complexity index is 995. The van der Waals surface area contributed by atoms with E-state index in [0.29, 0.717) is 29.0 Å². The first-order valence-electron chi connectivity index (χ1n) is 9.11. The van der Waals surface area contributed by atoms with Crippen LogP contribution in [0.25, 0.3) is 11.3 Å². The fourth-order valence-corrected chi connectivity index (χ4v) is 3.20. The lowest BCUT2D eigenvalue weighted by molar-refractivity contribution is -0.144. The van der Waals surface area contributed by atoms with Crippen LogP contribution < -0.4 is 0 Å². The minimum absolute atomic E-state index is 0.129. The summed E-state index contributed by atoms with van der Waals surface area (Å²) in [7, 11) is 1.33. The van der Waals surface area contributed by atoms with Crippen LogP contribution in [0.4, 0.5) is 4.39 Å². The Morgan fingerprint density at radius 2 is 1.90 bits per heavy atom. The molecule has 0 aliphatic carbocycles. The van der Waals surface area contributed by atoms with E-state index in [1.54, 1.807) is 31.2 Å². The highest BCUT2D eigenvalue weighted by atomic mass is 35.5. The Kier molecular flexibility index (Phi) is 6.96. The van der Waals surface area contributed by atoms with Crippen LogP contribution in [0.15, 0.2) is 60.7 Å². The van der Waals surface area contributed by atoms with Gasteiger partial charge >= 0.3 is 5.97 Å². The largest absolute Gasteiger partial charge is 0.468 e. The van der Waals surface area contributed by atoms with Gasteiger partial charge in [-0.1, -0.05) is 41.9 Å². The van der Waals surface area contributed by atoms with Crippen LogP contribution in [0.5, 0.6) is 0 Å². The van der Waals surface area contributed by atoms with Gasteiger partial charge in [0.15, 0.2) is 0 Å². The number of carbonyl (C=O) groups excluding carboxylic acids is 1. The molecule has 29 heavy (non-hydrogen) atoms. The molecule has 0 saturated carbocycles. The molecule has 0 radical (unpaired) electrons. The van der Waals surface area contributed by atoms with E-state index in [1.165, 1.54) is 13.2 Å². The highest BCUT2D eigenvalue weighted by molar-refractivity contribution is 6.29. The van der Waals surface area contributed by atoms with Crippen molar-refractivity contribution in [2.45, 2.75) is 19.4 Å². The molecule has 0 saturated heterocycles. The van der Waals surface area contributed by atoms with Gasteiger partial charge in [0.2, 0.25) is 0 Å². The van der Waals surface area contributed by atoms with Crippen molar-refractivity contribution in [3.8, 4) is 11.3 Å². The molecule has 1 unspecified atom stereocenters. The molecule has 1 atom stereocenters. The number of esters is 1. The lowest BCUT2D eigenvalue weighted by Crippen LogP contribution is -2.20. The number of methoxy groups -OCH3 is 1. The molecule has 0 fully saturated rings. The smallest absolute Gasteiger partial charge is 0.315 e. The van der Waals surface area contributed by atoms with E-state index in [4.69, 9.17) is 21.1 Å². The molecule has 6 heteroatoms. The van der Waals surface area contributed by atoms with Crippen molar-refractivity contribution >= 4 is 17.6 Å². The molecule has 0 bridgehead atoms. The van der Waals surface area contributed by atoms with Crippen molar-refractivity contribution in [3.63, 3.8) is 0 Å². The molecule has 150 valence electrons. The zero-order valence-electron chi connectivity index (χ0n) is 16.2. The molecule has 0 amide bonds. The Balaban J connectivity index is 1.86. The number of aryl methyl sites for hydroxylation is 1. The second-order valence-corrected chi connectivity index (χ2v) is 7.04. The average molecular weight is 414 g/mol. The lowest BCUT2D eigenvalue weighted by Gasteiger charge is -2.17. The van der Waals surface area contributed by atoms with Gasteiger partial charge in [-0.3, -0.25) is 4.79 Å². The molecule has 2 aromatic carbocycles. The minimum atomic E-state index is -0.662. The van der Waals surface area contributed by atoms with Gasteiger partial charge in [-0.15, -0.1) is 0 Å². The monoisotopic (exact) mass is 413 g/mol. The predicted octanol–water partition coefficient (Wildman–Crippen LogP) is 5.32. The van der Waals surface area contributed by atoms with Crippen LogP contribution >= 0.6 is 11.6 Å². The molecule has 3 rings (SSSR count). The van der Waals surface area contributed by atoms with Gasteiger partial charge in [-0.05, 0) is 53.9 Å². The standard InChI is InChI=1S/C23H21ClFNO3/c1-15-10-17(8-9-20(15)25)21-11-18(12-22(24)26-21)19(23(27)28-2)14-29-13-16-6-4-3-5-7-16/h3-12,19H,13-14H2,1-2H3. The van der Waals surface area contributed by atoms with E-state index >= 15 is 0 Å². The van der Waals surface area contributed by atoms with Crippen molar-refractivity contribution in [3.05, 3.63) is 88.3 Å². The second kappa shape index (κ2) is 9.63. The van der Waals surface area contributed by atoms with Crippen LogP contribution in [0.3, 0.4) is 0 Å². The fraction of sp³-hybridized carbons (Fsp3) is 0.217. The van der Waals surface area contributed by atoms with Crippen molar-refractivity contribution in [1.29, 1.82) is 0 Å². The number of aromatic nitrogens is 1. The van der Waals surface area contributed by atoms with Gasteiger partial charge in [-0.2, -0.15) is 0 Å². The third kappa shape index (κ3) is 5.40. The summed E-state index contributed by atoms with van der Waals surface area (Å²) in [6.45, 7) is 2.18. The van der Waals surface area contributed by atoms with Crippen LogP contribution in [0, 0.1) is 12.7 Å². The molecule has 0 N–H and O–H groups in total. The van der Waals surface area contributed by atoms with Crippen LogP contribution in [-0.2, 0) is 20.9 Å². The number of halogens is 2. The normalized spacial score (nSPS) is 11.9. The van der Waals surface area contributed by atoms with Gasteiger partial charge in [0, 0.05) is 5.56 Å². The number of pyridine rings is 1. The number of rotatable bonds is 7. The van der Waals surface area contributed by atoms with Crippen LogP contribution in [0.2, 0.25) is 5.15 Å². The molecular weight excluding hydrogens is 393 g/mol.